The number of hydrogen-bond donors (Lipinski definition) is 1. The second-order valence-electron chi connectivity index (χ2n) is 6.32. The molecule has 0 aliphatic carbocycles. The Labute approximate surface area is 165 Å². The summed E-state index contributed by atoms with van der Waals surface area (Å²) in [4.78, 5) is 16.9. The van der Waals surface area contributed by atoms with Crippen LogP contribution in [0.4, 0.5) is 8.78 Å². The SMILES string of the molecule is O=C(NCc1ccccc1)c1nc(-c2ccc(F)cc2)n(-c2ccc(F)cc2)n1. The van der Waals surface area contributed by atoms with Crippen LogP contribution in [0.1, 0.15) is 16.2 Å². The van der Waals surface area contributed by atoms with Crippen molar-refractivity contribution in [3.05, 3.63) is 102 Å². The lowest BCUT2D eigenvalue weighted by atomic mass is 10.2. The number of hydrogen-bond acceptors (Lipinski definition) is 3. The number of amides is 1. The van der Waals surface area contributed by atoms with Gasteiger partial charge in [0.05, 0.1) is 5.69 Å². The molecule has 3 aromatic carbocycles. The van der Waals surface area contributed by atoms with Crippen molar-refractivity contribution < 1.29 is 13.6 Å². The molecule has 4 rings (SSSR count). The highest BCUT2D eigenvalue weighted by molar-refractivity contribution is 5.91. The second kappa shape index (κ2) is 8.02. The number of rotatable bonds is 5. The van der Waals surface area contributed by atoms with Gasteiger partial charge in [-0.05, 0) is 54.1 Å². The molecule has 1 heterocycles. The minimum absolute atomic E-state index is 0.0374. The molecule has 0 atom stereocenters. The maximum absolute atomic E-state index is 13.3. The van der Waals surface area contributed by atoms with Crippen molar-refractivity contribution in [3.63, 3.8) is 0 Å². The first-order valence-corrected chi connectivity index (χ1v) is 8.91. The van der Waals surface area contributed by atoms with Gasteiger partial charge in [-0.3, -0.25) is 4.79 Å². The predicted octanol–water partition coefficient (Wildman–Crippen LogP) is 4.14. The monoisotopic (exact) mass is 390 g/mol. The minimum Gasteiger partial charge on any atom is -0.345 e. The Morgan fingerprint density at radius 2 is 1.48 bits per heavy atom. The summed E-state index contributed by atoms with van der Waals surface area (Å²) in [5, 5.41) is 7.08. The molecule has 5 nitrogen and oxygen atoms in total. The van der Waals surface area contributed by atoms with Gasteiger partial charge in [0.1, 0.15) is 11.6 Å². The minimum atomic E-state index is -0.446. The van der Waals surface area contributed by atoms with E-state index in [-0.39, 0.29) is 11.6 Å². The Morgan fingerprint density at radius 3 is 2.14 bits per heavy atom. The quantitative estimate of drug-likeness (QED) is 0.557. The zero-order valence-corrected chi connectivity index (χ0v) is 15.2. The van der Waals surface area contributed by atoms with E-state index < -0.39 is 11.7 Å². The van der Waals surface area contributed by atoms with E-state index in [1.165, 1.54) is 41.1 Å². The van der Waals surface area contributed by atoms with Crippen LogP contribution < -0.4 is 5.32 Å². The van der Waals surface area contributed by atoms with Crippen molar-refractivity contribution in [2.24, 2.45) is 0 Å². The highest BCUT2D eigenvalue weighted by Crippen LogP contribution is 2.22. The topological polar surface area (TPSA) is 59.8 Å². The molecule has 0 saturated carbocycles. The van der Waals surface area contributed by atoms with Crippen LogP contribution in [0.15, 0.2) is 78.9 Å². The van der Waals surface area contributed by atoms with Gasteiger partial charge in [0.15, 0.2) is 5.82 Å². The van der Waals surface area contributed by atoms with E-state index in [0.717, 1.165) is 5.56 Å². The standard InChI is InChI=1S/C22H16F2N4O/c23-17-8-6-16(7-9-17)21-26-20(22(29)25-14-15-4-2-1-3-5-15)27-28(21)19-12-10-18(24)11-13-19/h1-13H,14H2,(H,25,29). The van der Waals surface area contributed by atoms with Gasteiger partial charge in [-0.2, -0.15) is 0 Å². The van der Waals surface area contributed by atoms with Crippen LogP contribution in [-0.2, 0) is 6.54 Å². The Kier molecular flexibility index (Phi) is 5.11. The van der Waals surface area contributed by atoms with E-state index in [4.69, 9.17) is 0 Å². The largest absolute Gasteiger partial charge is 0.345 e. The molecular weight excluding hydrogens is 374 g/mol. The van der Waals surface area contributed by atoms with Crippen molar-refractivity contribution in [2.45, 2.75) is 6.54 Å². The molecule has 1 amide bonds. The molecular formula is C22H16F2N4O. The molecule has 144 valence electrons. The highest BCUT2D eigenvalue weighted by Gasteiger charge is 2.19. The number of carbonyl (C=O) groups excluding carboxylic acids is 1. The van der Waals surface area contributed by atoms with Gasteiger partial charge in [0.2, 0.25) is 5.82 Å². The molecule has 0 spiro atoms. The normalized spacial score (nSPS) is 10.7. The summed E-state index contributed by atoms with van der Waals surface area (Å²) in [6.45, 7) is 0.330. The molecule has 7 heteroatoms. The predicted molar refractivity (Wildman–Crippen MR) is 104 cm³/mol. The molecule has 0 fully saturated rings. The fourth-order valence-electron chi connectivity index (χ4n) is 2.81. The van der Waals surface area contributed by atoms with E-state index in [9.17, 15) is 13.6 Å². The summed E-state index contributed by atoms with van der Waals surface area (Å²) in [7, 11) is 0. The molecule has 29 heavy (non-hydrogen) atoms. The summed E-state index contributed by atoms with van der Waals surface area (Å²) in [6.07, 6.45) is 0. The smallest absolute Gasteiger partial charge is 0.291 e. The summed E-state index contributed by atoms with van der Waals surface area (Å²) in [6, 6.07) is 20.8. The van der Waals surface area contributed by atoms with Crippen LogP contribution in [0.5, 0.6) is 0 Å². The van der Waals surface area contributed by atoms with E-state index in [1.54, 1.807) is 12.1 Å². The van der Waals surface area contributed by atoms with Gasteiger partial charge in [0, 0.05) is 12.1 Å². The van der Waals surface area contributed by atoms with E-state index in [2.05, 4.69) is 15.4 Å². The third-order valence-electron chi connectivity index (χ3n) is 4.28. The number of halogens is 2. The number of carbonyl (C=O) groups is 1. The fourth-order valence-corrected chi connectivity index (χ4v) is 2.81. The average Bonchev–Trinajstić information content (AvgIpc) is 3.19. The Balaban J connectivity index is 1.68. The summed E-state index contributed by atoms with van der Waals surface area (Å²) < 4.78 is 28.1. The van der Waals surface area contributed by atoms with Crippen LogP contribution in [0, 0.1) is 11.6 Å². The molecule has 0 aliphatic rings. The fraction of sp³-hybridized carbons (Fsp3) is 0.0455. The highest BCUT2D eigenvalue weighted by atomic mass is 19.1. The maximum atomic E-state index is 13.3. The molecule has 0 bridgehead atoms. The molecule has 1 aromatic heterocycles. The van der Waals surface area contributed by atoms with Gasteiger partial charge in [-0.1, -0.05) is 30.3 Å². The zero-order chi connectivity index (χ0) is 20.2. The van der Waals surface area contributed by atoms with Crippen molar-refractivity contribution in [2.75, 3.05) is 0 Å². The van der Waals surface area contributed by atoms with Crippen LogP contribution in [0.2, 0.25) is 0 Å². The van der Waals surface area contributed by atoms with E-state index in [0.29, 0.717) is 23.6 Å². The van der Waals surface area contributed by atoms with Crippen molar-refractivity contribution >= 4 is 5.91 Å². The average molecular weight is 390 g/mol. The summed E-state index contributed by atoms with van der Waals surface area (Å²) >= 11 is 0. The first kappa shape index (κ1) is 18.5. The van der Waals surface area contributed by atoms with Crippen LogP contribution >= 0.6 is 0 Å². The second-order valence-corrected chi connectivity index (χ2v) is 6.32. The molecule has 0 unspecified atom stereocenters. The van der Waals surface area contributed by atoms with E-state index >= 15 is 0 Å². The van der Waals surface area contributed by atoms with Gasteiger partial charge in [-0.25, -0.2) is 18.4 Å². The van der Waals surface area contributed by atoms with Gasteiger partial charge in [0.25, 0.3) is 5.91 Å². The number of nitrogens with one attached hydrogen (secondary N) is 1. The van der Waals surface area contributed by atoms with Gasteiger partial charge >= 0.3 is 0 Å². The lowest BCUT2D eigenvalue weighted by Crippen LogP contribution is -2.24. The Hall–Kier alpha value is -3.87. The number of nitrogens with zero attached hydrogens (tertiary/aromatic N) is 3. The molecule has 0 radical (unpaired) electrons. The number of benzene rings is 3. The third-order valence-corrected chi connectivity index (χ3v) is 4.28. The van der Waals surface area contributed by atoms with E-state index in [1.807, 2.05) is 30.3 Å². The van der Waals surface area contributed by atoms with Crippen molar-refractivity contribution in [3.8, 4) is 17.1 Å². The van der Waals surface area contributed by atoms with Crippen LogP contribution in [-0.4, -0.2) is 20.7 Å². The molecule has 4 aromatic rings. The summed E-state index contributed by atoms with van der Waals surface area (Å²) in [5.41, 5.74) is 2.04. The first-order chi connectivity index (χ1) is 14.1. The third kappa shape index (κ3) is 4.19. The lowest BCUT2D eigenvalue weighted by molar-refractivity contribution is 0.0940. The van der Waals surface area contributed by atoms with Gasteiger partial charge < -0.3 is 5.32 Å². The van der Waals surface area contributed by atoms with Crippen molar-refractivity contribution in [1.29, 1.82) is 0 Å². The summed E-state index contributed by atoms with van der Waals surface area (Å²) in [5.74, 6) is -0.912. The molecule has 0 aliphatic heterocycles. The van der Waals surface area contributed by atoms with Gasteiger partial charge in [-0.15, -0.1) is 5.10 Å². The van der Waals surface area contributed by atoms with Crippen molar-refractivity contribution in [1.82, 2.24) is 20.1 Å². The Morgan fingerprint density at radius 1 is 0.862 bits per heavy atom. The zero-order valence-electron chi connectivity index (χ0n) is 15.2. The lowest BCUT2D eigenvalue weighted by Gasteiger charge is -2.05. The number of aromatic nitrogens is 3. The first-order valence-electron chi connectivity index (χ1n) is 8.91. The molecule has 1 N–H and O–H groups in total. The molecule has 0 saturated heterocycles. The Bertz CT molecular complexity index is 1060. The maximum Gasteiger partial charge on any atom is 0.291 e. The van der Waals surface area contributed by atoms with Crippen LogP contribution in [0.25, 0.3) is 17.1 Å². The van der Waals surface area contributed by atoms with Crippen LogP contribution in [0.3, 0.4) is 0 Å².